The smallest absolute Gasteiger partial charge is 0.123 e. The summed E-state index contributed by atoms with van der Waals surface area (Å²) in [5, 5.41) is 0. The van der Waals surface area contributed by atoms with Crippen LogP contribution in [-0.2, 0) is 6.42 Å². The minimum atomic E-state index is 0.600. The number of nitrogens with zero attached hydrogens (tertiary/aromatic N) is 1. The van der Waals surface area contributed by atoms with Gasteiger partial charge in [-0.15, -0.1) is 0 Å². The van der Waals surface area contributed by atoms with Gasteiger partial charge < -0.3 is 5.73 Å². The molecule has 0 spiro atoms. The van der Waals surface area contributed by atoms with E-state index in [4.69, 9.17) is 5.73 Å². The van der Waals surface area contributed by atoms with Crippen molar-refractivity contribution in [2.75, 3.05) is 5.73 Å². The van der Waals surface area contributed by atoms with E-state index in [2.05, 4.69) is 29.2 Å². The molecule has 92 valence electrons. The first-order valence-electron chi connectivity index (χ1n) is 6.60. The van der Waals surface area contributed by atoms with Gasteiger partial charge in [-0.1, -0.05) is 30.7 Å². The molecule has 1 aromatic heterocycles. The summed E-state index contributed by atoms with van der Waals surface area (Å²) in [5.74, 6) is 1.40. The second-order valence-electron chi connectivity index (χ2n) is 5.14. The summed E-state index contributed by atoms with van der Waals surface area (Å²) in [4.78, 5) is 4.03. The molecule has 0 radical (unpaired) electrons. The molecule has 2 heteroatoms. The van der Waals surface area contributed by atoms with Gasteiger partial charge in [-0.3, -0.25) is 0 Å². The van der Waals surface area contributed by atoms with Crippen molar-refractivity contribution in [3.63, 3.8) is 0 Å². The molecule has 0 atom stereocenters. The molecule has 0 aliphatic heterocycles. The lowest BCUT2D eigenvalue weighted by molar-refractivity contribution is 0.419. The zero-order valence-electron chi connectivity index (χ0n) is 10.5. The predicted molar refractivity (Wildman–Crippen MR) is 74.5 cm³/mol. The van der Waals surface area contributed by atoms with Crippen LogP contribution in [0.2, 0.25) is 0 Å². The maximum absolute atomic E-state index is 5.71. The summed E-state index contributed by atoms with van der Waals surface area (Å²) in [7, 11) is 0. The highest BCUT2D eigenvalue weighted by atomic mass is 14.8. The van der Waals surface area contributed by atoms with Crippen LogP contribution in [-0.4, -0.2) is 4.98 Å². The Balaban J connectivity index is 1.79. The Morgan fingerprint density at radius 3 is 2.67 bits per heavy atom. The largest absolute Gasteiger partial charge is 0.384 e. The molecular weight excluding hydrogens is 220 g/mol. The first-order chi connectivity index (χ1) is 8.81. The predicted octanol–water partition coefficient (Wildman–Crippen LogP) is 3.52. The summed E-state index contributed by atoms with van der Waals surface area (Å²) < 4.78 is 0. The Labute approximate surface area is 108 Å². The summed E-state index contributed by atoms with van der Waals surface area (Å²) >= 11 is 0. The molecule has 1 saturated carbocycles. The van der Waals surface area contributed by atoms with Crippen molar-refractivity contribution in [3.05, 3.63) is 59.3 Å². The van der Waals surface area contributed by atoms with Gasteiger partial charge in [-0.25, -0.2) is 4.98 Å². The molecule has 0 amide bonds. The first kappa shape index (κ1) is 11.3. The van der Waals surface area contributed by atoms with Crippen molar-refractivity contribution in [1.82, 2.24) is 4.98 Å². The van der Waals surface area contributed by atoms with Gasteiger partial charge in [0.2, 0.25) is 0 Å². The minimum absolute atomic E-state index is 0.600. The molecule has 1 aliphatic carbocycles. The van der Waals surface area contributed by atoms with E-state index >= 15 is 0 Å². The van der Waals surface area contributed by atoms with E-state index in [9.17, 15) is 0 Å². The molecule has 2 aromatic rings. The van der Waals surface area contributed by atoms with Crippen LogP contribution in [0.4, 0.5) is 5.82 Å². The minimum Gasteiger partial charge on any atom is -0.384 e. The second-order valence-corrected chi connectivity index (χ2v) is 5.14. The average Bonchev–Trinajstić information content (AvgIpc) is 2.27. The molecule has 2 nitrogen and oxygen atoms in total. The number of aromatic nitrogens is 1. The molecule has 18 heavy (non-hydrogen) atoms. The third-order valence-corrected chi connectivity index (χ3v) is 3.78. The average molecular weight is 238 g/mol. The maximum atomic E-state index is 5.71. The fourth-order valence-electron chi connectivity index (χ4n) is 2.54. The fraction of sp³-hybridized carbons (Fsp3) is 0.312. The van der Waals surface area contributed by atoms with Crippen LogP contribution >= 0.6 is 0 Å². The summed E-state index contributed by atoms with van der Waals surface area (Å²) in [6, 6.07) is 13.0. The number of hydrogen-bond acceptors (Lipinski definition) is 2. The van der Waals surface area contributed by atoms with Crippen molar-refractivity contribution >= 4 is 5.82 Å². The summed E-state index contributed by atoms with van der Waals surface area (Å²) in [6.45, 7) is 0. The van der Waals surface area contributed by atoms with Crippen LogP contribution in [0.5, 0.6) is 0 Å². The van der Waals surface area contributed by atoms with Gasteiger partial charge in [0.25, 0.3) is 0 Å². The number of nitrogens with two attached hydrogens (primary N) is 1. The molecule has 2 N–H and O–H groups in total. The number of nitrogen functional groups attached to an aromatic ring is 1. The van der Waals surface area contributed by atoms with Gasteiger partial charge in [0.1, 0.15) is 5.82 Å². The molecule has 3 rings (SSSR count). The molecule has 1 aromatic carbocycles. The number of rotatable bonds is 3. The van der Waals surface area contributed by atoms with Crippen LogP contribution < -0.4 is 5.73 Å². The SMILES string of the molecule is Nc1cc(Cc2cccc(C3CCC3)c2)ccn1. The van der Waals surface area contributed by atoms with Crippen LogP contribution in [0.25, 0.3) is 0 Å². The Hall–Kier alpha value is -1.83. The van der Waals surface area contributed by atoms with Gasteiger partial charge in [0.05, 0.1) is 0 Å². The van der Waals surface area contributed by atoms with E-state index in [1.54, 1.807) is 6.20 Å². The molecule has 0 unspecified atom stereocenters. The van der Waals surface area contributed by atoms with Gasteiger partial charge in [0, 0.05) is 6.20 Å². The van der Waals surface area contributed by atoms with E-state index in [1.165, 1.54) is 36.0 Å². The topological polar surface area (TPSA) is 38.9 Å². The van der Waals surface area contributed by atoms with Gasteiger partial charge in [0.15, 0.2) is 0 Å². The van der Waals surface area contributed by atoms with E-state index < -0.39 is 0 Å². The van der Waals surface area contributed by atoms with E-state index in [-0.39, 0.29) is 0 Å². The lowest BCUT2D eigenvalue weighted by Crippen LogP contribution is -2.08. The monoisotopic (exact) mass is 238 g/mol. The molecular formula is C16H18N2. The number of pyridine rings is 1. The molecule has 1 fully saturated rings. The summed E-state index contributed by atoms with van der Waals surface area (Å²) in [6.07, 6.45) is 6.81. The Bertz CT molecular complexity index is 544. The third-order valence-electron chi connectivity index (χ3n) is 3.78. The third kappa shape index (κ3) is 2.37. The molecule has 1 aliphatic rings. The Morgan fingerprint density at radius 2 is 1.94 bits per heavy atom. The van der Waals surface area contributed by atoms with Crippen molar-refractivity contribution in [3.8, 4) is 0 Å². The summed E-state index contributed by atoms with van der Waals surface area (Å²) in [5.41, 5.74) is 9.81. The van der Waals surface area contributed by atoms with Gasteiger partial charge >= 0.3 is 0 Å². The van der Waals surface area contributed by atoms with Crippen LogP contribution in [0.1, 0.15) is 41.9 Å². The first-order valence-corrected chi connectivity index (χ1v) is 6.60. The Morgan fingerprint density at radius 1 is 1.11 bits per heavy atom. The quantitative estimate of drug-likeness (QED) is 0.888. The van der Waals surface area contributed by atoms with Crippen molar-refractivity contribution in [1.29, 1.82) is 0 Å². The molecule has 0 saturated heterocycles. The lowest BCUT2D eigenvalue weighted by atomic mass is 9.79. The van der Waals surface area contributed by atoms with Gasteiger partial charge in [-0.05, 0) is 54.0 Å². The van der Waals surface area contributed by atoms with Gasteiger partial charge in [-0.2, -0.15) is 0 Å². The Kier molecular flexibility index (Phi) is 3.01. The van der Waals surface area contributed by atoms with Crippen molar-refractivity contribution < 1.29 is 0 Å². The normalized spacial score (nSPS) is 15.3. The van der Waals surface area contributed by atoms with E-state index in [0.717, 1.165) is 12.3 Å². The highest BCUT2D eigenvalue weighted by Gasteiger charge is 2.19. The van der Waals surface area contributed by atoms with Crippen LogP contribution in [0, 0.1) is 0 Å². The number of benzene rings is 1. The number of hydrogen-bond donors (Lipinski definition) is 1. The highest BCUT2D eigenvalue weighted by molar-refractivity contribution is 5.36. The lowest BCUT2D eigenvalue weighted by Gasteiger charge is -2.26. The standard InChI is InChI=1S/C16H18N2/c17-16-11-13(7-8-18-16)9-12-3-1-6-15(10-12)14-4-2-5-14/h1,3,6-8,10-11,14H,2,4-5,9H2,(H2,17,18). The fourth-order valence-corrected chi connectivity index (χ4v) is 2.54. The zero-order chi connectivity index (χ0) is 12.4. The number of anilines is 1. The molecule has 1 heterocycles. The van der Waals surface area contributed by atoms with Crippen molar-refractivity contribution in [2.45, 2.75) is 31.6 Å². The highest BCUT2D eigenvalue weighted by Crippen LogP contribution is 2.36. The second kappa shape index (κ2) is 4.81. The molecule has 0 bridgehead atoms. The maximum Gasteiger partial charge on any atom is 0.123 e. The van der Waals surface area contributed by atoms with E-state index in [0.29, 0.717) is 5.82 Å². The van der Waals surface area contributed by atoms with Crippen molar-refractivity contribution in [2.24, 2.45) is 0 Å². The van der Waals surface area contributed by atoms with Crippen LogP contribution in [0.3, 0.4) is 0 Å². The van der Waals surface area contributed by atoms with E-state index in [1.807, 2.05) is 12.1 Å². The zero-order valence-corrected chi connectivity index (χ0v) is 10.5. The van der Waals surface area contributed by atoms with Crippen LogP contribution in [0.15, 0.2) is 42.6 Å².